The normalized spacial score (nSPS) is 18.3. The minimum Gasteiger partial charge on any atom is -0.370 e. The number of thiophene rings is 1. The van der Waals surface area contributed by atoms with E-state index >= 15 is 0 Å². The average molecular weight is 1160 g/mol. The summed E-state index contributed by atoms with van der Waals surface area (Å²) in [5.41, 5.74) is 4.38. The van der Waals surface area contributed by atoms with Gasteiger partial charge in [0.25, 0.3) is 11.8 Å². The third-order valence-electron chi connectivity index (χ3n) is 15.0. The zero-order chi connectivity index (χ0) is 58.5. The Morgan fingerprint density at radius 1 is 0.854 bits per heavy atom. The molecule has 5 aromatic rings. The molecule has 9 amide bonds. The molecule has 9 N–H and O–H groups in total. The lowest BCUT2D eigenvalue weighted by atomic mass is 10.0. The summed E-state index contributed by atoms with van der Waals surface area (Å²) in [6, 6.07) is 17.6. The Labute approximate surface area is 473 Å². The molecule has 0 spiro atoms. The number of carbonyl (C=O) groups excluding carboxylic acids is 9. The van der Waals surface area contributed by atoms with E-state index in [1.165, 1.54) is 21.9 Å². The first-order chi connectivity index (χ1) is 39.2. The van der Waals surface area contributed by atoms with E-state index < -0.39 is 90.4 Å². The van der Waals surface area contributed by atoms with Gasteiger partial charge in [0, 0.05) is 60.2 Å². The molecular weight excluding hydrogens is 1100 g/mol. The van der Waals surface area contributed by atoms with Crippen molar-refractivity contribution in [2.75, 3.05) is 11.4 Å². The molecule has 82 heavy (non-hydrogen) atoms. The van der Waals surface area contributed by atoms with E-state index in [0.717, 1.165) is 65.8 Å². The highest BCUT2D eigenvalue weighted by Crippen LogP contribution is 2.59. The number of benzene rings is 4. The highest BCUT2D eigenvalue weighted by Gasteiger charge is 2.51. The number of hydrogen-bond acceptors (Lipinski definition) is 11. The predicted molar refractivity (Wildman–Crippen MR) is 297 cm³/mol. The second-order valence-electron chi connectivity index (χ2n) is 20.6. The number of primary amides is 1. The molecule has 1 aromatic heterocycles. The molecule has 5 heterocycles. The smallest absolute Gasteiger partial charge is 0.370 e. The van der Waals surface area contributed by atoms with Gasteiger partial charge in [-0.2, -0.15) is 8.78 Å². The molecule has 5 atom stereocenters. The molecule has 1 fully saturated rings. The maximum Gasteiger partial charge on any atom is 0.399 e. The van der Waals surface area contributed by atoms with E-state index in [1.807, 2.05) is 6.07 Å². The standard InChI is InChI=1S/C58H59F2N8O12PS/c59-58(60,81(78,79)80)38-21-25-45-37(29-38)31-46(82-45)54(74)64-42-22-20-35-17-11-18-36-30-44(68(50(35)36)57(42)77)53(73)63-41(23-26-47(61)69)51(71)66-49(34-14-8-6-9-15-34)55(75)62-28-10-5-3-1-2-4-7-13-33-16-12-19-39-40(33)32-67(56(39)76)43-24-27-48(70)65-52(43)72/h6,8-9,11-12,14-19,21,25,29,31,41-44,49H,1-5,10,20,22-24,26-28,30,32H2,(H2,61,69)(H,62,75)(H,63,73)(H,64,74)(H,66,71)(H,65,70,72)(H2,78,79,80)/t41-,42-,43?,44-,49-/m0/s1. The van der Waals surface area contributed by atoms with Gasteiger partial charge in [0.1, 0.15) is 30.2 Å². The van der Waals surface area contributed by atoms with Crippen molar-refractivity contribution in [1.82, 2.24) is 31.5 Å². The number of carbonyl (C=O) groups is 9. The zero-order valence-electron chi connectivity index (χ0n) is 44.2. The van der Waals surface area contributed by atoms with Gasteiger partial charge in [-0.25, -0.2) is 0 Å². The number of fused-ring (bicyclic) bond motifs is 2. The van der Waals surface area contributed by atoms with E-state index in [9.17, 15) is 66.3 Å². The summed E-state index contributed by atoms with van der Waals surface area (Å²) in [4.78, 5) is 142. The first-order valence-corrected chi connectivity index (χ1v) is 29.3. The fourth-order valence-corrected chi connectivity index (χ4v) is 12.2. The van der Waals surface area contributed by atoms with Gasteiger partial charge in [0.15, 0.2) is 0 Å². The number of halogens is 2. The number of alkyl halides is 2. The molecule has 0 radical (unpaired) electrons. The lowest BCUT2D eigenvalue weighted by Gasteiger charge is -2.29. The van der Waals surface area contributed by atoms with E-state index in [0.29, 0.717) is 46.3 Å². The van der Waals surface area contributed by atoms with E-state index in [1.54, 1.807) is 60.7 Å². The number of nitrogens with one attached hydrogen (secondary N) is 5. The second-order valence-corrected chi connectivity index (χ2v) is 23.4. The molecule has 4 aliphatic heterocycles. The number of amides is 9. The van der Waals surface area contributed by atoms with E-state index in [2.05, 4.69) is 38.4 Å². The molecule has 1 saturated heterocycles. The number of aryl methyl sites for hydroxylation is 1. The minimum atomic E-state index is -5.87. The molecule has 4 aromatic carbocycles. The Kier molecular flexibility index (Phi) is 17.8. The van der Waals surface area contributed by atoms with Crippen molar-refractivity contribution in [2.45, 2.75) is 126 Å². The third kappa shape index (κ3) is 12.8. The number of nitrogens with two attached hydrogens (primary N) is 1. The van der Waals surface area contributed by atoms with Crippen LogP contribution in [0.3, 0.4) is 0 Å². The van der Waals surface area contributed by atoms with Gasteiger partial charge >= 0.3 is 13.3 Å². The third-order valence-corrected chi connectivity index (χ3v) is 17.1. The summed E-state index contributed by atoms with van der Waals surface area (Å²) in [5.74, 6) is 1.10. The van der Waals surface area contributed by atoms with Gasteiger partial charge < -0.3 is 41.7 Å². The fourth-order valence-electron chi connectivity index (χ4n) is 10.8. The first-order valence-electron chi connectivity index (χ1n) is 26.9. The van der Waals surface area contributed by atoms with Crippen molar-refractivity contribution < 1.29 is 66.3 Å². The lowest BCUT2D eigenvalue weighted by Crippen LogP contribution is -2.57. The Balaban J connectivity index is 0.792. The first kappa shape index (κ1) is 58.5. The van der Waals surface area contributed by atoms with Crippen LogP contribution in [0.2, 0.25) is 0 Å². The van der Waals surface area contributed by atoms with Crippen LogP contribution in [0.5, 0.6) is 0 Å². The summed E-state index contributed by atoms with van der Waals surface area (Å²) < 4.78 is 41.0. The van der Waals surface area contributed by atoms with E-state index in [-0.39, 0.29) is 73.7 Å². The number of anilines is 1. The number of piperidine rings is 1. The number of nitrogens with zero attached hydrogens (tertiary/aromatic N) is 2. The minimum absolute atomic E-state index is 0.0216. The maximum absolute atomic E-state index is 14.6. The molecule has 0 aliphatic carbocycles. The summed E-state index contributed by atoms with van der Waals surface area (Å²) >= 11 is 0.913. The molecule has 20 nitrogen and oxygen atoms in total. The van der Waals surface area contributed by atoms with Gasteiger partial charge in [0.2, 0.25) is 41.4 Å². The number of para-hydroxylation sites is 1. The van der Waals surface area contributed by atoms with Crippen LogP contribution in [-0.2, 0) is 63.2 Å². The summed E-state index contributed by atoms with van der Waals surface area (Å²) in [7, 11) is -5.87. The van der Waals surface area contributed by atoms with Crippen molar-refractivity contribution in [3.05, 3.63) is 135 Å². The number of unbranched alkanes of at least 4 members (excludes halogenated alkanes) is 5. The molecule has 0 bridgehead atoms. The lowest BCUT2D eigenvalue weighted by molar-refractivity contribution is -0.137. The van der Waals surface area contributed by atoms with Crippen molar-refractivity contribution in [3.63, 3.8) is 0 Å². The van der Waals surface area contributed by atoms with Crippen LogP contribution in [0.4, 0.5) is 14.5 Å². The Hall–Kier alpha value is -8.16. The van der Waals surface area contributed by atoms with Crippen LogP contribution in [0, 0.1) is 11.8 Å². The van der Waals surface area contributed by atoms with Gasteiger partial charge in [-0.1, -0.05) is 91.8 Å². The van der Waals surface area contributed by atoms with Crippen LogP contribution in [0.1, 0.15) is 130 Å². The highest BCUT2D eigenvalue weighted by molar-refractivity contribution is 7.52. The van der Waals surface area contributed by atoms with Gasteiger partial charge in [0.05, 0.1) is 10.6 Å². The van der Waals surface area contributed by atoms with Crippen molar-refractivity contribution in [1.29, 1.82) is 0 Å². The Morgan fingerprint density at radius 3 is 2.35 bits per heavy atom. The zero-order valence-corrected chi connectivity index (χ0v) is 45.9. The van der Waals surface area contributed by atoms with Gasteiger partial charge in [-0.3, -0.25) is 57.9 Å². The molecular formula is C58H59F2N8O12PS. The van der Waals surface area contributed by atoms with Gasteiger partial charge in [-0.05, 0) is 96.5 Å². The second kappa shape index (κ2) is 24.9. The van der Waals surface area contributed by atoms with Crippen molar-refractivity contribution in [3.8, 4) is 11.8 Å². The van der Waals surface area contributed by atoms with Crippen molar-refractivity contribution >= 4 is 87.9 Å². The van der Waals surface area contributed by atoms with Crippen LogP contribution in [0.25, 0.3) is 10.1 Å². The monoisotopic (exact) mass is 1160 g/mol. The number of hydrogen-bond donors (Lipinski definition) is 8. The summed E-state index contributed by atoms with van der Waals surface area (Å²) in [6.45, 7) is 0.526. The van der Waals surface area contributed by atoms with Gasteiger partial charge in [-0.15, -0.1) is 11.3 Å². The quantitative estimate of drug-likeness (QED) is 0.0208. The topological polar surface area (TPSA) is 304 Å². The maximum atomic E-state index is 14.6. The predicted octanol–water partition coefficient (Wildman–Crippen LogP) is 5.01. The molecule has 9 rings (SSSR count). The number of imide groups is 1. The van der Waals surface area contributed by atoms with Crippen molar-refractivity contribution in [2.24, 2.45) is 5.73 Å². The van der Waals surface area contributed by atoms with E-state index in [4.69, 9.17) is 5.73 Å². The molecule has 24 heteroatoms. The van der Waals surface area contributed by atoms with Crippen LogP contribution < -0.4 is 37.2 Å². The Bertz CT molecular complexity index is 3510. The largest absolute Gasteiger partial charge is 0.399 e. The molecule has 1 unspecified atom stereocenters. The summed E-state index contributed by atoms with van der Waals surface area (Å²) in [5, 5.41) is 13.5. The van der Waals surface area contributed by atoms with Crippen LogP contribution in [-0.4, -0.2) is 98.6 Å². The van der Waals surface area contributed by atoms with Crippen LogP contribution >= 0.6 is 18.9 Å². The SMILES string of the molecule is NC(=O)CC[C@H](NC(=O)[C@@H]1Cc2cccc3c2N1C(=O)[C@@H](NC(=O)c1cc2cc(C(F)(F)P(=O)(O)O)ccc2s1)CC3)C(=O)N[C@H](C(=O)NCCCCCCCC#Cc1cccc2c1CN(C1CCC(=O)NC1=O)C2=O)c1ccccc1. The Morgan fingerprint density at radius 2 is 1.60 bits per heavy atom. The molecule has 0 saturated carbocycles. The summed E-state index contributed by atoms with van der Waals surface area (Å²) in [6.07, 6.45) is 4.87. The molecule has 428 valence electrons. The molecule has 4 aliphatic rings. The van der Waals surface area contributed by atoms with Crippen LogP contribution in [0.15, 0.2) is 91.0 Å². The average Bonchev–Trinajstić information content (AvgIpc) is 4.37. The highest BCUT2D eigenvalue weighted by atomic mass is 32.1. The fraction of sp³-hybridized carbons (Fsp3) is 0.362. The number of rotatable bonds is 21.